The van der Waals surface area contributed by atoms with Gasteiger partial charge in [0.15, 0.2) is 21.4 Å². The van der Waals surface area contributed by atoms with E-state index in [0.717, 1.165) is 24.0 Å². The van der Waals surface area contributed by atoms with Crippen molar-refractivity contribution < 1.29 is 40.6 Å². The molecule has 0 fully saturated rings. The van der Waals surface area contributed by atoms with E-state index in [9.17, 15) is 13.2 Å². The zero-order valence-electron chi connectivity index (χ0n) is 23.4. The molecule has 0 amide bonds. The van der Waals surface area contributed by atoms with E-state index in [1.807, 2.05) is 19.1 Å². The van der Waals surface area contributed by atoms with Crippen LogP contribution in [0, 0.1) is 11.6 Å². The van der Waals surface area contributed by atoms with E-state index in [4.69, 9.17) is 18.6 Å². The van der Waals surface area contributed by atoms with Crippen LogP contribution in [0.5, 0.6) is 17.2 Å². The maximum Gasteiger partial charge on any atom is 0.310 e. The number of halogens is 2. The Hall–Kier alpha value is -4.71. The van der Waals surface area contributed by atoms with Crippen LogP contribution in [0.25, 0.3) is 22.4 Å². The number of nitrogens with one attached hydrogen (secondary N) is 1. The summed E-state index contributed by atoms with van der Waals surface area (Å²) in [6.45, 7) is 4.11. The first-order valence-corrected chi connectivity index (χ1v) is 15.2. The number of ether oxygens (including phenoxy) is 3. The quantitative estimate of drug-likeness (QED) is 0.210. The number of hydrogen-bond acceptors (Lipinski definition) is 8. The SMILES string of the molecule is CCOC(=O)Cc1cccc2c1OCC2(C)c1coc(-c2cc(Oc3c(F)cc4[nH]ccc4c3S(C)(=O)=O)ccc2F)n1. The predicted molar refractivity (Wildman–Crippen MR) is 152 cm³/mol. The van der Waals surface area contributed by atoms with Crippen LogP contribution in [0.1, 0.15) is 30.7 Å². The van der Waals surface area contributed by atoms with Gasteiger partial charge in [-0.15, -0.1) is 0 Å². The zero-order chi connectivity index (χ0) is 30.5. The molecule has 0 bridgehead atoms. The highest BCUT2D eigenvalue weighted by Gasteiger charge is 2.42. The maximum absolute atomic E-state index is 15.1. The molecule has 0 spiro atoms. The number of benzene rings is 3. The summed E-state index contributed by atoms with van der Waals surface area (Å²) in [4.78, 5) is 19.1. The summed E-state index contributed by atoms with van der Waals surface area (Å²) < 4.78 is 77.9. The molecule has 0 radical (unpaired) electrons. The maximum atomic E-state index is 15.1. The van der Waals surface area contributed by atoms with Gasteiger partial charge in [-0.05, 0) is 38.1 Å². The van der Waals surface area contributed by atoms with Crippen molar-refractivity contribution in [2.45, 2.75) is 30.6 Å². The number of H-pyrrole nitrogens is 1. The fourth-order valence-corrected chi connectivity index (χ4v) is 6.34. The third-order valence-corrected chi connectivity index (χ3v) is 8.53. The number of sulfone groups is 1. The van der Waals surface area contributed by atoms with Crippen LogP contribution in [0.15, 0.2) is 70.3 Å². The highest BCUT2D eigenvalue weighted by atomic mass is 32.2. The predicted octanol–water partition coefficient (Wildman–Crippen LogP) is 6.10. The van der Waals surface area contributed by atoms with Gasteiger partial charge < -0.3 is 23.6 Å². The number of carbonyl (C=O) groups is 1. The lowest BCUT2D eigenvalue weighted by Crippen LogP contribution is -2.25. The molecule has 1 N–H and O–H groups in total. The van der Waals surface area contributed by atoms with E-state index < -0.39 is 32.6 Å². The van der Waals surface area contributed by atoms with Gasteiger partial charge in [0.25, 0.3) is 0 Å². The van der Waals surface area contributed by atoms with Crippen molar-refractivity contribution in [2.75, 3.05) is 19.5 Å². The summed E-state index contributed by atoms with van der Waals surface area (Å²) in [6, 6.07) is 11.7. The minimum Gasteiger partial charge on any atom is -0.492 e. The number of hydrogen-bond donors (Lipinski definition) is 1. The number of nitrogens with zero attached hydrogens (tertiary/aromatic N) is 1. The summed E-state index contributed by atoms with van der Waals surface area (Å²) in [5, 5.41) is 0.260. The topological polar surface area (TPSA) is 121 Å². The first kappa shape index (κ1) is 28.4. The number of para-hydroxylation sites is 1. The Labute approximate surface area is 245 Å². The lowest BCUT2D eigenvalue weighted by atomic mass is 9.81. The first-order chi connectivity index (χ1) is 20.5. The van der Waals surface area contributed by atoms with Crippen molar-refractivity contribution in [2.24, 2.45) is 0 Å². The van der Waals surface area contributed by atoms with Crippen LogP contribution in [-0.2, 0) is 31.2 Å². The molecule has 1 aliphatic heterocycles. The summed E-state index contributed by atoms with van der Waals surface area (Å²) in [7, 11) is -3.92. The van der Waals surface area contributed by atoms with Crippen molar-refractivity contribution in [3.8, 4) is 28.7 Å². The molecule has 5 aromatic rings. The highest BCUT2D eigenvalue weighted by molar-refractivity contribution is 7.91. The van der Waals surface area contributed by atoms with Gasteiger partial charge in [0.1, 0.15) is 35.1 Å². The third kappa shape index (κ3) is 5.01. The molecule has 222 valence electrons. The molecule has 9 nitrogen and oxygen atoms in total. The molecule has 43 heavy (non-hydrogen) atoms. The number of fused-ring (bicyclic) bond motifs is 2. The Morgan fingerprint density at radius 1 is 1.14 bits per heavy atom. The monoisotopic (exact) mass is 608 g/mol. The molecule has 0 saturated carbocycles. The van der Waals surface area contributed by atoms with Crippen LogP contribution in [-0.4, -0.2) is 43.8 Å². The zero-order valence-corrected chi connectivity index (χ0v) is 24.2. The lowest BCUT2D eigenvalue weighted by Gasteiger charge is -2.19. The Balaban J connectivity index is 1.34. The lowest BCUT2D eigenvalue weighted by molar-refractivity contribution is -0.142. The van der Waals surface area contributed by atoms with Gasteiger partial charge in [0.2, 0.25) is 5.89 Å². The van der Waals surface area contributed by atoms with Crippen LogP contribution in [0.2, 0.25) is 0 Å². The average molecular weight is 609 g/mol. The van der Waals surface area contributed by atoms with Gasteiger partial charge in [-0.1, -0.05) is 18.2 Å². The number of carbonyl (C=O) groups excluding carboxylic acids is 1. The average Bonchev–Trinajstić information content (AvgIpc) is 3.70. The van der Waals surface area contributed by atoms with Gasteiger partial charge in [-0.2, -0.15) is 0 Å². The van der Waals surface area contributed by atoms with Crippen molar-refractivity contribution in [3.05, 3.63) is 89.4 Å². The summed E-state index contributed by atoms with van der Waals surface area (Å²) >= 11 is 0. The molecule has 3 heterocycles. The number of aromatic nitrogens is 2. The molecule has 6 rings (SSSR count). The molecule has 1 aliphatic rings. The second-order valence-electron chi connectivity index (χ2n) is 10.4. The van der Waals surface area contributed by atoms with Gasteiger partial charge in [-0.3, -0.25) is 4.79 Å². The summed E-state index contributed by atoms with van der Waals surface area (Å²) in [6.07, 6.45) is 3.90. The van der Waals surface area contributed by atoms with E-state index in [-0.39, 0.29) is 58.6 Å². The van der Waals surface area contributed by atoms with Crippen molar-refractivity contribution in [3.63, 3.8) is 0 Å². The van der Waals surface area contributed by atoms with Crippen LogP contribution in [0.3, 0.4) is 0 Å². The Kier molecular flexibility index (Phi) is 6.96. The van der Waals surface area contributed by atoms with E-state index >= 15 is 8.78 Å². The second-order valence-corrected chi connectivity index (χ2v) is 12.4. The largest absolute Gasteiger partial charge is 0.492 e. The fourth-order valence-electron chi connectivity index (χ4n) is 5.29. The minimum atomic E-state index is -3.92. The van der Waals surface area contributed by atoms with Crippen molar-refractivity contribution in [1.82, 2.24) is 9.97 Å². The molecule has 2 aromatic heterocycles. The van der Waals surface area contributed by atoms with Crippen LogP contribution >= 0.6 is 0 Å². The van der Waals surface area contributed by atoms with E-state index in [2.05, 4.69) is 9.97 Å². The van der Waals surface area contributed by atoms with Crippen molar-refractivity contribution >= 4 is 26.7 Å². The Morgan fingerprint density at radius 2 is 1.95 bits per heavy atom. The molecule has 3 aromatic carbocycles. The van der Waals surface area contributed by atoms with Gasteiger partial charge in [0.05, 0.1) is 29.7 Å². The molecular weight excluding hydrogens is 582 g/mol. The summed E-state index contributed by atoms with van der Waals surface area (Å²) in [5.74, 6) is -2.01. The number of aromatic amines is 1. The third-order valence-electron chi connectivity index (χ3n) is 7.38. The minimum absolute atomic E-state index is 0.0285. The first-order valence-electron chi connectivity index (χ1n) is 13.3. The molecule has 0 aliphatic carbocycles. The highest BCUT2D eigenvalue weighted by Crippen LogP contribution is 2.46. The van der Waals surface area contributed by atoms with Crippen LogP contribution < -0.4 is 9.47 Å². The fraction of sp³-hybridized carbons (Fsp3) is 0.226. The van der Waals surface area contributed by atoms with E-state index in [0.29, 0.717) is 17.0 Å². The van der Waals surface area contributed by atoms with Gasteiger partial charge in [0, 0.05) is 40.5 Å². The molecule has 0 saturated heterocycles. The summed E-state index contributed by atoms with van der Waals surface area (Å²) in [5.41, 5.74) is 1.37. The van der Waals surface area contributed by atoms with Crippen LogP contribution in [0.4, 0.5) is 8.78 Å². The number of esters is 1. The normalized spacial score (nSPS) is 16.2. The number of oxazole rings is 1. The van der Waals surface area contributed by atoms with Gasteiger partial charge in [-0.25, -0.2) is 22.2 Å². The van der Waals surface area contributed by atoms with E-state index in [1.54, 1.807) is 13.0 Å². The number of rotatable bonds is 8. The molecule has 12 heteroatoms. The van der Waals surface area contributed by atoms with Gasteiger partial charge >= 0.3 is 5.97 Å². The second kappa shape index (κ2) is 10.5. The smallest absolute Gasteiger partial charge is 0.310 e. The Morgan fingerprint density at radius 3 is 2.72 bits per heavy atom. The van der Waals surface area contributed by atoms with E-state index in [1.165, 1.54) is 30.7 Å². The molecule has 1 unspecified atom stereocenters. The van der Waals surface area contributed by atoms with Crippen molar-refractivity contribution in [1.29, 1.82) is 0 Å². The standard InChI is InChI=1S/C31H26F2N2O7S/c1-4-39-26(36)12-17-6-5-7-21-27(17)41-16-31(21,2)25-15-40-30(35-25)20-13-18(8-9-22(20)32)42-28-23(33)14-24-19(10-11-34-24)29(28)43(3,37)38/h5-11,13-15,34H,4,12,16H2,1-3H3. The molecule has 1 atom stereocenters. The molecular formula is C31H26F2N2O7S. The Bertz CT molecular complexity index is 2000.